The normalized spacial score (nSPS) is 21.4. The first-order valence-corrected chi connectivity index (χ1v) is 7.19. The van der Waals surface area contributed by atoms with Crippen molar-refractivity contribution in [2.45, 2.75) is 17.9 Å². The lowest BCUT2D eigenvalue weighted by atomic mass is 10.0. The first-order valence-electron chi connectivity index (χ1n) is 5.87. The zero-order valence-corrected chi connectivity index (χ0v) is 10.7. The van der Waals surface area contributed by atoms with Gasteiger partial charge < -0.3 is 5.32 Å². The third-order valence-electron chi connectivity index (χ3n) is 2.95. The smallest absolute Gasteiger partial charge is 0.303 e. The van der Waals surface area contributed by atoms with E-state index in [-0.39, 0.29) is 10.7 Å². The van der Waals surface area contributed by atoms with E-state index in [2.05, 4.69) is 10.3 Å². The van der Waals surface area contributed by atoms with Crippen LogP contribution >= 0.6 is 0 Å². The minimum absolute atomic E-state index is 0.0908. The van der Waals surface area contributed by atoms with Gasteiger partial charge in [0.1, 0.15) is 0 Å². The Bertz CT molecular complexity index is 461. The lowest BCUT2D eigenvalue weighted by molar-refractivity contribution is -0.388. The van der Waals surface area contributed by atoms with Gasteiger partial charge in [-0.3, -0.25) is 14.3 Å². The molecule has 0 aromatic carbocycles. The molecule has 1 aliphatic heterocycles. The molecule has 0 radical (unpaired) electrons. The second kappa shape index (κ2) is 6.01. The summed E-state index contributed by atoms with van der Waals surface area (Å²) in [7, 11) is -1.41. The summed E-state index contributed by atoms with van der Waals surface area (Å²) in [5, 5.41) is 14.2. The molecule has 1 saturated heterocycles. The van der Waals surface area contributed by atoms with Gasteiger partial charge in [0.05, 0.1) is 15.7 Å². The molecule has 1 aromatic heterocycles. The number of nitrogens with one attached hydrogen (secondary N) is 1. The minimum Gasteiger partial charge on any atom is -0.316 e. The van der Waals surface area contributed by atoms with Gasteiger partial charge in [-0.25, -0.2) is 4.98 Å². The monoisotopic (exact) mass is 269 g/mol. The summed E-state index contributed by atoms with van der Waals surface area (Å²) in [6, 6.07) is 2.83. The Kier molecular flexibility index (Phi) is 4.38. The van der Waals surface area contributed by atoms with Gasteiger partial charge in [-0.1, -0.05) is 0 Å². The number of hydrogen-bond donors (Lipinski definition) is 1. The summed E-state index contributed by atoms with van der Waals surface area (Å²) < 4.78 is 12.2. The van der Waals surface area contributed by atoms with Gasteiger partial charge >= 0.3 is 5.69 Å². The molecule has 0 spiro atoms. The summed E-state index contributed by atoms with van der Waals surface area (Å²) in [5.74, 6) is 0.742. The second-order valence-corrected chi connectivity index (χ2v) is 5.72. The van der Waals surface area contributed by atoms with E-state index < -0.39 is 15.7 Å². The van der Waals surface area contributed by atoms with Gasteiger partial charge in [-0.05, 0) is 37.9 Å². The molecule has 2 heterocycles. The average Bonchev–Trinajstić information content (AvgIpc) is 2.40. The fraction of sp³-hybridized carbons (Fsp3) is 0.545. The van der Waals surface area contributed by atoms with Crippen LogP contribution in [-0.4, -0.2) is 33.0 Å². The second-order valence-electron chi connectivity index (χ2n) is 4.31. The molecule has 2 rings (SSSR count). The van der Waals surface area contributed by atoms with Crippen LogP contribution in [0.2, 0.25) is 0 Å². The third-order valence-corrected chi connectivity index (χ3v) is 4.47. The number of piperidine rings is 1. The Labute approximate surface area is 107 Å². The molecule has 98 valence electrons. The average molecular weight is 269 g/mol. The van der Waals surface area contributed by atoms with Crippen LogP contribution in [0.15, 0.2) is 23.4 Å². The predicted molar refractivity (Wildman–Crippen MR) is 67.8 cm³/mol. The largest absolute Gasteiger partial charge is 0.316 e. The van der Waals surface area contributed by atoms with Crippen molar-refractivity contribution in [1.29, 1.82) is 0 Å². The molecule has 0 unspecified atom stereocenters. The summed E-state index contributed by atoms with van der Waals surface area (Å²) >= 11 is 0. The van der Waals surface area contributed by atoms with Crippen molar-refractivity contribution in [1.82, 2.24) is 10.3 Å². The van der Waals surface area contributed by atoms with E-state index >= 15 is 0 Å². The maximum atomic E-state index is 12.2. The fourth-order valence-corrected chi connectivity index (χ4v) is 3.48. The van der Waals surface area contributed by atoms with Crippen molar-refractivity contribution in [3.63, 3.8) is 0 Å². The number of aromatic nitrogens is 1. The van der Waals surface area contributed by atoms with Crippen molar-refractivity contribution < 1.29 is 9.13 Å². The lowest BCUT2D eigenvalue weighted by Gasteiger charge is -2.21. The van der Waals surface area contributed by atoms with Crippen LogP contribution in [0.3, 0.4) is 0 Å². The topological polar surface area (TPSA) is 85.1 Å². The van der Waals surface area contributed by atoms with E-state index in [0.29, 0.717) is 11.7 Å². The maximum absolute atomic E-state index is 12.2. The molecule has 0 aliphatic carbocycles. The Balaban J connectivity index is 2.10. The molecule has 1 N–H and O–H groups in total. The Hall–Kier alpha value is -1.34. The van der Waals surface area contributed by atoms with Crippen molar-refractivity contribution >= 4 is 16.5 Å². The molecule has 1 aliphatic rings. The SMILES string of the molecule is O=[N+]([O-])c1cccnc1[S@](=O)C[C@H]1CCCNC1. The highest BCUT2D eigenvalue weighted by Crippen LogP contribution is 2.21. The van der Waals surface area contributed by atoms with Gasteiger partial charge in [0.25, 0.3) is 0 Å². The molecule has 0 saturated carbocycles. The summed E-state index contributed by atoms with van der Waals surface area (Å²) in [5.41, 5.74) is -0.153. The molecule has 2 atom stereocenters. The van der Waals surface area contributed by atoms with Crippen molar-refractivity contribution in [3.05, 3.63) is 28.4 Å². The van der Waals surface area contributed by atoms with Crippen molar-refractivity contribution in [2.24, 2.45) is 5.92 Å². The first kappa shape index (κ1) is 13.1. The number of rotatable bonds is 4. The number of nitro groups is 1. The highest BCUT2D eigenvalue weighted by molar-refractivity contribution is 7.85. The third kappa shape index (κ3) is 3.11. The molecule has 18 heavy (non-hydrogen) atoms. The van der Waals surface area contributed by atoms with Crippen molar-refractivity contribution in [2.75, 3.05) is 18.8 Å². The molecule has 1 fully saturated rings. The highest BCUT2D eigenvalue weighted by atomic mass is 32.2. The van der Waals surface area contributed by atoms with Crippen LogP contribution in [-0.2, 0) is 10.8 Å². The number of nitrogens with zero attached hydrogens (tertiary/aromatic N) is 2. The molecular weight excluding hydrogens is 254 g/mol. The quantitative estimate of drug-likeness (QED) is 0.653. The summed E-state index contributed by atoms with van der Waals surface area (Å²) in [4.78, 5) is 14.2. The first-order chi connectivity index (χ1) is 8.68. The van der Waals surface area contributed by atoms with E-state index in [1.54, 1.807) is 0 Å². The zero-order chi connectivity index (χ0) is 13.0. The minimum atomic E-state index is -1.41. The summed E-state index contributed by atoms with van der Waals surface area (Å²) in [6.45, 7) is 1.82. The predicted octanol–water partition coefficient (Wildman–Crippen LogP) is 1.10. The van der Waals surface area contributed by atoms with E-state index in [4.69, 9.17) is 0 Å². The maximum Gasteiger partial charge on any atom is 0.303 e. The number of hydrogen-bond acceptors (Lipinski definition) is 5. The molecule has 1 aromatic rings. The van der Waals surface area contributed by atoms with Gasteiger partial charge in [0, 0.05) is 18.0 Å². The molecule has 0 bridgehead atoms. The van der Waals surface area contributed by atoms with Crippen LogP contribution in [0.1, 0.15) is 12.8 Å². The summed E-state index contributed by atoms with van der Waals surface area (Å²) in [6.07, 6.45) is 3.52. The molecule has 0 amide bonds. The molecular formula is C11H15N3O3S. The van der Waals surface area contributed by atoms with Crippen LogP contribution in [0.25, 0.3) is 0 Å². The van der Waals surface area contributed by atoms with Crippen LogP contribution in [0, 0.1) is 16.0 Å². The molecule has 7 heteroatoms. The van der Waals surface area contributed by atoms with Crippen LogP contribution < -0.4 is 5.32 Å². The van der Waals surface area contributed by atoms with Gasteiger partial charge in [-0.2, -0.15) is 0 Å². The Morgan fingerprint density at radius 1 is 1.61 bits per heavy atom. The van der Waals surface area contributed by atoms with E-state index in [0.717, 1.165) is 25.9 Å². The standard InChI is InChI=1S/C11H15N3O3S/c15-14(16)10-4-2-6-13-11(10)18(17)8-9-3-1-5-12-7-9/h2,4,6,9,12H,1,3,5,7-8H2/t9-,18+/m0/s1. The van der Waals surface area contributed by atoms with E-state index in [1.165, 1.54) is 18.3 Å². The van der Waals surface area contributed by atoms with Gasteiger partial charge in [0.15, 0.2) is 0 Å². The van der Waals surface area contributed by atoms with Gasteiger partial charge in [-0.15, -0.1) is 0 Å². The highest BCUT2D eigenvalue weighted by Gasteiger charge is 2.23. The van der Waals surface area contributed by atoms with Crippen molar-refractivity contribution in [3.8, 4) is 0 Å². The van der Waals surface area contributed by atoms with E-state index in [1.807, 2.05) is 0 Å². The fourth-order valence-electron chi connectivity index (χ4n) is 2.06. The lowest BCUT2D eigenvalue weighted by Crippen LogP contribution is -2.32. The van der Waals surface area contributed by atoms with Crippen LogP contribution in [0.5, 0.6) is 0 Å². The number of pyridine rings is 1. The Morgan fingerprint density at radius 3 is 3.11 bits per heavy atom. The van der Waals surface area contributed by atoms with Gasteiger partial charge in [0.2, 0.25) is 5.03 Å². The van der Waals surface area contributed by atoms with E-state index in [9.17, 15) is 14.3 Å². The zero-order valence-electron chi connectivity index (χ0n) is 9.87. The van der Waals surface area contributed by atoms with Crippen LogP contribution in [0.4, 0.5) is 5.69 Å². The Morgan fingerprint density at radius 2 is 2.44 bits per heavy atom. The molecule has 6 nitrogen and oxygen atoms in total.